The molecule has 20 heavy (non-hydrogen) atoms. The van der Waals surface area contributed by atoms with Gasteiger partial charge in [0, 0.05) is 0 Å². The van der Waals surface area contributed by atoms with E-state index in [4.69, 9.17) is 18.9 Å². The summed E-state index contributed by atoms with van der Waals surface area (Å²) in [6, 6.07) is 0. The van der Waals surface area contributed by atoms with Gasteiger partial charge in [0.15, 0.2) is 0 Å². The number of carbonyl (C=O) groups is 3. The first-order chi connectivity index (χ1) is 8.81. The molecule has 0 spiro atoms. The minimum Gasteiger partial charge on any atom is 1.00 e. The Labute approximate surface area is 140 Å². The van der Waals surface area contributed by atoms with Crippen LogP contribution in [0.15, 0.2) is 0 Å². The van der Waals surface area contributed by atoms with Gasteiger partial charge in [0.1, 0.15) is 0 Å². The van der Waals surface area contributed by atoms with Crippen molar-refractivity contribution in [1.82, 2.24) is 0 Å². The molecular formula is C11H15AuO7Se+. The average Bonchev–Trinajstić information content (AvgIpc) is 2.25. The molecule has 0 N–H and O–H groups in total. The number of ether oxygens (including phenoxy) is 4. The topological polar surface area (TPSA) is 88.1 Å². The Balaban J connectivity index is 0.00000361. The van der Waals surface area contributed by atoms with Gasteiger partial charge in [-0.15, -0.1) is 0 Å². The van der Waals surface area contributed by atoms with E-state index in [2.05, 4.69) is 16.0 Å². The van der Waals surface area contributed by atoms with Gasteiger partial charge in [0.05, 0.1) is 0 Å². The fourth-order valence-corrected chi connectivity index (χ4v) is 2.32. The molecule has 1 rings (SSSR count). The van der Waals surface area contributed by atoms with E-state index in [9.17, 15) is 14.4 Å². The van der Waals surface area contributed by atoms with Crippen LogP contribution in [0.2, 0.25) is 0 Å². The summed E-state index contributed by atoms with van der Waals surface area (Å²) in [7, 11) is 0. The first kappa shape index (κ1) is 19.6. The first-order valence-electron chi connectivity index (χ1n) is 5.60. The van der Waals surface area contributed by atoms with Crippen LogP contribution in [0.5, 0.6) is 0 Å². The fraction of sp³-hybridized carbons (Fsp3) is 0.727. The zero-order chi connectivity index (χ0) is 14.6. The smallest absolute Gasteiger partial charge is 1.00 e. The molecule has 4 unspecified atom stereocenters. The van der Waals surface area contributed by atoms with Gasteiger partial charge in [-0.25, -0.2) is 0 Å². The van der Waals surface area contributed by atoms with E-state index in [1.165, 1.54) is 20.8 Å². The van der Waals surface area contributed by atoms with Crippen molar-refractivity contribution in [2.75, 3.05) is 6.61 Å². The molecule has 1 saturated heterocycles. The van der Waals surface area contributed by atoms with E-state index in [1.54, 1.807) is 0 Å². The maximum Gasteiger partial charge on any atom is 1.00 e. The molecule has 1 aliphatic heterocycles. The number of hydrogen-bond acceptors (Lipinski definition) is 7. The molecular weight excluding hydrogens is 520 g/mol. The molecule has 7 nitrogen and oxygen atoms in total. The summed E-state index contributed by atoms with van der Waals surface area (Å²) >= 11 is 2.68. The minimum absolute atomic E-state index is 0. The number of rotatable bonds is 3. The van der Waals surface area contributed by atoms with Crippen molar-refractivity contribution in [3.05, 3.63) is 0 Å². The molecule has 0 aromatic carbocycles. The molecule has 9 heteroatoms. The third kappa shape index (κ3) is 5.95. The van der Waals surface area contributed by atoms with E-state index in [-0.39, 0.29) is 29.0 Å². The average molecular weight is 535 g/mol. The Morgan fingerprint density at radius 2 is 1.40 bits per heavy atom. The number of esters is 3. The quantitative estimate of drug-likeness (QED) is 0.269. The van der Waals surface area contributed by atoms with Gasteiger partial charge >= 0.3 is 140 Å². The van der Waals surface area contributed by atoms with Crippen molar-refractivity contribution in [2.24, 2.45) is 0 Å². The molecule has 0 saturated carbocycles. The molecule has 117 valence electrons. The Morgan fingerprint density at radius 3 is 1.85 bits per heavy atom. The Kier molecular flexibility index (Phi) is 8.65. The number of hydrogen-bond donors (Lipinski definition) is 0. The van der Waals surface area contributed by atoms with Crippen molar-refractivity contribution < 1.29 is 55.7 Å². The summed E-state index contributed by atoms with van der Waals surface area (Å²) in [5, 5.41) is -0.583. The van der Waals surface area contributed by atoms with Crippen LogP contribution in [0, 0.1) is 0 Å². The molecule has 1 heterocycles. The van der Waals surface area contributed by atoms with Gasteiger partial charge in [-0.05, 0) is 0 Å². The largest absolute Gasteiger partial charge is 1.00 e. The van der Waals surface area contributed by atoms with Crippen molar-refractivity contribution in [2.45, 2.75) is 44.1 Å². The second kappa shape index (κ2) is 8.81. The number of carbonyl (C=O) groups excluding carboxylic acids is 3. The normalized spacial score (nSPS) is 28.8. The van der Waals surface area contributed by atoms with Crippen LogP contribution in [-0.4, -0.2) is 63.8 Å². The monoisotopic (exact) mass is 536 g/mol. The molecule has 4 atom stereocenters. The second-order valence-corrected chi connectivity index (χ2v) is 4.97. The molecule has 0 aromatic rings. The summed E-state index contributed by atoms with van der Waals surface area (Å²) < 4.78 is 20.5. The molecule has 0 bridgehead atoms. The van der Waals surface area contributed by atoms with E-state index in [0.717, 1.165) is 0 Å². The minimum atomic E-state index is -0.898. The summed E-state index contributed by atoms with van der Waals surface area (Å²) in [5.74, 6) is -1.64. The maximum absolute atomic E-state index is 11.1. The zero-order valence-electron chi connectivity index (χ0n) is 11.1. The van der Waals surface area contributed by atoms with Gasteiger partial charge in [-0.2, -0.15) is 0 Å². The van der Waals surface area contributed by atoms with Gasteiger partial charge in [0.25, 0.3) is 0 Å². The van der Waals surface area contributed by atoms with Crippen molar-refractivity contribution in [1.29, 1.82) is 0 Å². The first-order valence-corrected chi connectivity index (χ1v) is 6.59. The second-order valence-electron chi connectivity index (χ2n) is 4.00. The summed E-state index contributed by atoms with van der Waals surface area (Å²) in [5.41, 5.74) is 0. The Hall–Kier alpha value is -0.370. The molecule has 0 aromatic heterocycles. The van der Waals surface area contributed by atoms with E-state index in [0.29, 0.717) is 0 Å². The van der Waals surface area contributed by atoms with Crippen molar-refractivity contribution in [3.63, 3.8) is 0 Å². The van der Waals surface area contributed by atoms with Crippen molar-refractivity contribution in [3.8, 4) is 0 Å². The molecule has 1 fully saturated rings. The van der Waals surface area contributed by atoms with Crippen LogP contribution in [0.1, 0.15) is 20.8 Å². The van der Waals surface area contributed by atoms with Crippen molar-refractivity contribution >= 4 is 33.9 Å². The van der Waals surface area contributed by atoms with Gasteiger partial charge in [0.2, 0.25) is 0 Å². The van der Waals surface area contributed by atoms with Gasteiger partial charge in [-0.1, -0.05) is 0 Å². The fourth-order valence-electron chi connectivity index (χ4n) is 1.71. The Morgan fingerprint density at radius 1 is 0.950 bits per heavy atom. The SMILES string of the molecule is CC(=O)OC1COC([Se])C(OC(C)=O)C1OC(C)=O.[Au+]. The van der Waals surface area contributed by atoms with Crippen LogP contribution in [0.4, 0.5) is 0 Å². The predicted octanol–water partition coefficient (Wildman–Crippen LogP) is -0.696. The van der Waals surface area contributed by atoms with Crippen LogP contribution in [0.3, 0.4) is 0 Å². The molecule has 0 aliphatic carbocycles. The van der Waals surface area contributed by atoms with Crippen LogP contribution >= 0.6 is 0 Å². The van der Waals surface area contributed by atoms with E-state index in [1.807, 2.05) is 0 Å². The summed E-state index contributed by atoms with van der Waals surface area (Å²) in [6.45, 7) is 3.73. The third-order valence-electron chi connectivity index (χ3n) is 2.30. The third-order valence-corrected chi connectivity index (χ3v) is 3.15. The molecule has 1 radical (unpaired) electrons. The maximum atomic E-state index is 11.1. The molecule has 1 aliphatic rings. The zero-order valence-corrected chi connectivity index (χ0v) is 15.0. The predicted molar refractivity (Wildman–Crippen MR) is 62.2 cm³/mol. The van der Waals surface area contributed by atoms with Gasteiger partial charge < -0.3 is 0 Å². The molecule has 0 amide bonds. The van der Waals surface area contributed by atoms with Crippen LogP contribution in [0.25, 0.3) is 0 Å². The van der Waals surface area contributed by atoms with Crippen LogP contribution in [-0.2, 0) is 55.7 Å². The van der Waals surface area contributed by atoms with Gasteiger partial charge in [-0.3, -0.25) is 0 Å². The summed E-state index contributed by atoms with van der Waals surface area (Å²) in [4.78, 5) is 33.2. The van der Waals surface area contributed by atoms with Crippen LogP contribution < -0.4 is 0 Å². The van der Waals surface area contributed by atoms with E-state index >= 15 is 0 Å². The Bertz CT molecular complexity index is 376. The van der Waals surface area contributed by atoms with E-state index < -0.39 is 41.2 Å². The standard InChI is InChI=1S/C11H15O7Se.Au/c1-5(12)16-8-4-15-11(19)10(18-7(3)14)9(8)17-6(2)13;/h8-11H,4H2,1-3H3;/q;+1. The summed E-state index contributed by atoms with van der Waals surface area (Å²) in [6.07, 6.45) is -2.57.